The molecule has 0 aromatic carbocycles. The Labute approximate surface area is 108 Å². The highest BCUT2D eigenvalue weighted by molar-refractivity contribution is 6.23. The van der Waals surface area contributed by atoms with E-state index in [2.05, 4.69) is 0 Å². The van der Waals surface area contributed by atoms with E-state index in [1.54, 1.807) is 6.92 Å². The normalized spacial score (nSPS) is 13.7. The fourth-order valence-corrected chi connectivity index (χ4v) is 2.20. The van der Waals surface area contributed by atoms with Gasteiger partial charge in [0.15, 0.2) is 17.3 Å². The van der Waals surface area contributed by atoms with E-state index in [9.17, 15) is 19.2 Å². The molecule has 0 aliphatic rings. The van der Waals surface area contributed by atoms with Crippen LogP contribution in [-0.4, -0.2) is 23.6 Å². The third kappa shape index (κ3) is 3.59. The molecule has 0 saturated carbocycles. The first-order valence-corrected chi connectivity index (χ1v) is 6.48. The van der Waals surface area contributed by atoms with Crippen molar-refractivity contribution in [2.24, 2.45) is 5.41 Å². The number of hydrogen-bond donors (Lipinski definition) is 0. The number of unbranched alkanes of at least 4 members (excludes halogenated alkanes) is 1. The van der Waals surface area contributed by atoms with E-state index >= 15 is 0 Å². The lowest BCUT2D eigenvalue weighted by atomic mass is 9.70. The second-order valence-electron chi connectivity index (χ2n) is 4.47. The zero-order chi connectivity index (χ0) is 14.2. The minimum absolute atomic E-state index is 0.159. The molecule has 1 atom stereocenters. The van der Waals surface area contributed by atoms with Crippen molar-refractivity contribution in [2.45, 2.75) is 59.3 Å². The monoisotopic (exact) mass is 254 g/mol. The molecule has 0 aliphatic carbocycles. The molecule has 0 spiro atoms. The van der Waals surface area contributed by atoms with Crippen molar-refractivity contribution in [3.05, 3.63) is 0 Å². The average molecular weight is 254 g/mol. The number of hydrogen-bond acceptors (Lipinski definition) is 4. The highest BCUT2D eigenvalue weighted by Crippen LogP contribution is 2.31. The fourth-order valence-electron chi connectivity index (χ4n) is 2.20. The average Bonchev–Trinajstić information content (AvgIpc) is 2.33. The molecule has 0 aromatic heterocycles. The SMILES string of the molecule is CCCC(=O)C(CCCC=O)(C(C)=O)C(=O)CC. The van der Waals surface area contributed by atoms with Crippen molar-refractivity contribution >= 4 is 23.6 Å². The van der Waals surface area contributed by atoms with Crippen LogP contribution in [0.15, 0.2) is 0 Å². The number of rotatable bonds is 10. The minimum atomic E-state index is -1.51. The quantitative estimate of drug-likeness (QED) is 0.341. The summed E-state index contributed by atoms with van der Waals surface area (Å²) in [5, 5.41) is 0. The first-order chi connectivity index (χ1) is 8.47. The Bertz CT molecular complexity index is 333. The minimum Gasteiger partial charge on any atom is -0.303 e. The molecule has 4 heteroatoms. The fraction of sp³-hybridized carbons (Fsp3) is 0.714. The topological polar surface area (TPSA) is 68.3 Å². The largest absolute Gasteiger partial charge is 0.303 e. The van der Waals surface area contributed by atoms with E-state index in [0.717, 1.165) is 6.29 Å². The number of ketones is 3. The van der Waals surface area contributed by atoms with Gasteiger partial charge in [-0.05, 0) is 26.2 Å². The molecule has 102 valence electrons. The Kier molecular flexibility index (Phi) is 7.32. The number of aldehydes is 1. The maximum atomic E-state index is 12.2. The summed E-state index contributed by atoms with van der Waals surface area (Å²) in [5.74, 6) is -1.01. The molecule has 0 heterocycles. The second-order valence-corrected chi connectivity index (χ2v) is 4.47. The van der Waals surface area contributed by atoms with Gasteiger partial charge in [0, 0.05) is 19.3 Å². The van der Waals surface area contributed by atoms with Crippen molar-refractivity contribution < 1.29 is 19.2 Å². The van der Waals surface area contributed by atoms with Gasteiger partial charge in [0.05, 0.1) is 0 Å². The summed E-state index contributed by atoms with van der Waals surface area (Å²) < 4.78 is 0. The van der Waals surface area contributed by atoms with Gasteiger partial charge in [-0.3, -0.25) is 14.4 Å². The van der Waals surface area contributed by atoms with E-state index in [1.807, 2.05) is 6.92 Å². The van der Waals surface area contributed by atoms with Gasteiger partial charge in [-0.25, -0.2) is 0 Å². The number of carbonyl (C=O) groups is 4. The van der Waals surface area contributed by atoms with Gasteiger partial charge in [-0.1, -0.05) is 13.8 Å². The summed E-state index contributed by atoms with van der Waals surface area (Å²) in [7, 11) is 0. The summed E-state index contributed by atoms with van der Waals surface area (Å²) in [5.41, 5.74) is -1.51. The Morgan fingerprint density at radius 1 is 1.11 bits per heavy atom. The molecule has 0 radical (unpaired) electrons. The Morgan fingerprint density at radius 2 is 1.72 bits per heavy atom. The van der Waals surface area contributed by atoms with Crippen LogP contribution < -0.4 is 0 Å². The third-order valence-electron chi connectivity index (χ3n) is 3.22. The van der Waals surface area contributed by atoms with Gasteiger partial charge in [0.25, 0.3) is 0 Å². The zero-order valence-electron chi connectivity index (χ0n) is 11.5. The molecule has 0 aliphatic heterocycles. The van der Waals surface area contributed by atoms with Crippen molar-refractivity contribution in [1.29, 1.82) is 0 Å². The first kappa shape index (κ1) is 16.7. The summed E-state index contributed by atoms with van der Waals surface area (Å²) in [6.07, 6.45) is 2.56. The highest BCUT2D eigenvalue weighted by atomic mass is 16.2. The zero-order valence-corrected chi connectivity index (χ0v) is 11.5. The Hall–Kier alpha value is -1.32. The summed E-state index contributed by atoms with van der Waals surface area (Å²) >= 11 is 0. The molecule has 4 nitrogen and oxygen atoms in total. The van der Waals surface area contributed by atoms with E-state index in [0.29, 0.717) is 12.8 Å². The molecule has 0 N–H and O–H groups in total. The van der Waals surface area contributed by atoms with E-state index in [4.69, 9.17) is 0 Å². The van der Waals surface area contributed by atoms with Gasteiger partial charge < -0.3 is 4.79 Å². The van der Waals surface area contributed by atoms with Crippen molar-refractivity contribution in [3.63, 3.8) is 0 Å². The van der Waals surface area contributed by atoms with E-state index in [-0.39, 0.29) is 37.2 Å². The summed E-state index contributed by atoms with van der Waals surface area (Å²) in [6, 6.07) is 0. The second kappa shape index (κ2) is 7.90. The van der Waals surface area contributed by atoms with Crippen LogP contribution in [0.4, 0.5) is 0 Å². The van der Waals surface area contributed by atoms with Crippen LogP contribution in [0.2, 0.25) is 0 Å². The first-order valence-electron chi connectivity index (χ1n) is 6.48. The predicted octanol–water partition coefficient (Wildman–Crippen LogP) is 2.28. The van der Waals surface area contributed by atoms with Crippen LogP contribution >= 0.6 is 0 Å². The maximum absolute atomic E-state index is 12.2. The van der Waals surface area contributed by atoms with Crippen LogP contribution in [0.25, 0.3) is 0 Å². The lowest BCUT2D eigenvalue weighted by Crippen LogP contribution is -2.45. The Balaban J connectivity index is 5.28. The van der Waals surface area contributed by atoms with Crippen LogP contribution in [0.3, 0.4) is 0 Å². The molecule has 0 aromatic rings. The smallest absolute Gasteiger partial charge is 0.153 e. The van der Waals surface area contributed by atoms with E-state index < -0.39 is 11.2 Å². The van der Waals surface area contributed by atoms with Crippen LogP contribution in [0.5, 0.6) is 0 Å². The van der Waals surface area contributed by atoms with Crippen LogP contribution in [0.1, 0.15) is 59.3 Å². The third-order valence-corrected chi connectivity index (χ3v) is 3.22. The molecule has 0 amide bonds. The number of carbonyl (C=O) groups excluding carboxylic acids is 4. The van der Waals surface area contributed by atoms with Gasteiger partial charge >= 0.3 is 0 Å². The molecule has 0 bridgehead atoms. The molecular formula is C14H22O4. The highest BCUT2D eigenvalue weighted by Gasteiger charge is 2.47. The molecule has 0 saturated heterocycles. The van der Waals surface area contributed by atoms with Crippen molar-refractivity contribution in [2.75, 3.05) is 0 Å². The summed E-state index contributed by atoms with van der Waals surface area (Å²) in [6.45, 7) is 4.78. The van der Waals surface area contributed by atoms with Gasteiger partial charge in [-0.2, -0.15) is 0 Å². The van der Waals surface area contributed by atoms with E-state index in [1.165, 1.54) is 6.92 Å². The Morgan fingerprint density at radius 3 is 2.11 bits per heavy atom. The number of Topliss-reactive ketones (excluding diaryl/α,β-unsaturated/α-hetero) is 3. The standard InChI is InChI=1S/C14H22O4/c1-4-8-13(18)14(11(3)16,12(17)5-2)9-6-7-10-15/h10H,4-9H2,1-3H3. The lowest BCUT2D eigenvalue weighted by Gasteiger charge is -2.27. The van der Waals surface area contributed by atoms with Crippen molar-refractivity contribution in [3.8, 4) is 0 Å². The predicted molar refractivity (Wildman–Crippen MR) is 68.2 cm³/mol. The molecule has 18 heavy (non-hydrogen) atoms. The van der Waals surface area contributed by atoms with Crippen LogP contribution in [-0.2, 0) is 19.2 Å². The molecule has 1 unspecified atom stereocenters. The van der Waals surface area contributed by atoms with Gasteiger partial charge in [0.1, 0.15) is 11.7 Å². The lowest BCUT2D eigenvalue weighted by molar-refractivity contribution is -0.149. The van der Waals surface area contributed by atoms with Crippen molar-refractivity contribution in [1.82, 2.24) is 0 Å². The molecular weight excluding hydrogens is 232 g/mol. The molecule has 0 rings (SSSR count). The maximum Gasteiger partial charge on any atom is 0.153 e. The van der Waals surface area contributed by atoms with Crippen LogP contribution in [0, 0.1) is 5.41 Å². The van der Waals surface area contributed by atoms with Gasteiger partial charge in [-0.15, -0.1) is 0 Å². The summed E-state index contributed by atoms with van der Waals surface area (Å²) in [4.78, 5) is 46.4. The van der Waals surface area contributed by atoms with Gasteiger partial charge in [0.2, 0.25) is 0 Å². The molecule has 0 fully saturated rings.